The summed E-state index contributed by atoms with van der Waals surface area (Å²) < 4.78 is 11.2. The molecule has 4 rings (SSSR count). The van der Waals surface area contributed by atoms with Crippen molar-refractivity contribution in [2.45, 2.75) is 13.8 Å². The molecule has 1 amide bonds. The van der Waals surface area contributed by atoms with Crippen LogP contribution in [0.5, 0.6) is 11.5 Å². The van der Waals surface area contributed by atoms with Gasteiger partial charge in [0.15, 0.2) is 6.61 Å². The van der Waals surface area contributed by atoms with Gasteiger partial charge >= 0.3 is 5.97 Å². The van der Waals surface area contributed by atoms with Crippen LogP contribution >= 0.6 is 0 Å². The van der Waals surface area contributed by atoms with Crippen LogP contribution < -0.4 is 14.9 Å². The Balaban J connectivity index is 1.51. The van der Waals surface area contributed by atoms with Crippen molar-refractivity contribution < 1.29 is 19.1 Å². The first-order valence-corrected chi connectivity index (χ1v) is 10.8. The highest BCUT2D eigenvalue weighted by molar-refractivity contribution is 6.04. The van der Waals surface area contributed by atoms with Crippen LogP contribution in [0.15, 0.2) is 90.0 Å². The van der Waals surface area contributed by atoms with E-state index in [-0.39, 0.29) is 6.61 Å². The molecule has 0 heterocycles. The van der Waals surface area contributed by atoms with Gasteiger partial charge in [0.2, 0.25) is 0 Å². The van der Waals surface area contributed by atoms with E-state index >= 15 is 0 Å². The monoisotopic (exact) mass is 452 g/mol. The molecule has 34 heavy (non-hydrogen) atoms. The number of nitrogens with one attached hydrogen (secondary N) is 1. The average Bonchev–Trinajstić information content (AvgIpc) is 2.84. The molecule has 1 N–H and O–H groups in total. The van der Waals surface area contributed by atoms with E-state index in [0.717, 1.165) is 21.9 Å². The molecule has 4 aromatic rings. The maximum atomic E-state index is 12.7. The third kappa shape index (κ3) is 5.66. The summed E-state index contributed by atoms with van der Waals surface area (Å²) in [6, 6.07) is 25.9. The van der Waals surface area contributed by atoms with E-state index < -0.39 is 11.9 Å². The largest absolute Gasteiger partial charge is 0.484 e. The smallest absolute Gasteiger partial charge is 0.343 e. The third-order valence-electron chi connectivity index (χ3n) is 5.13. The first-order valence-electron chi connectivity index (χ1n) is 10.8. The Morgan fingerprint density at radius 3 is 2.44 bits per heavy atom. The summed E-state index contributed by atoms with van der Waals surface area (Å²) in [5.74, 6) is 0.0817. The molecule has 0 saturated carbocycles. The zero-order valence-electron chi connectivity index (χ0n) is 18.9. The van der Waals surface area contributed by atoms with Gasteiger partial charge in [0.25, 0.3) is 5.91 Å². The molecule has 0 aromatic heterocycles. The van der Waals surface area contributed by atoms with E-state index in [1.165, 1.54) is 6.21 Å². The summed E-state index contributed by atoms with van der Waals surface area (Å²) in [5.41, 5.74) is 5.51. The summed E-state index contributed by atoms with van der Waals surface area (Å²) >= 11 is 0. The molecule has 6 nitrogen and oxygen atoms in total. The topological polar surface area (TPSA) is 77.0 Å². The number of benzene rings is 4. The molecule has 170 valence electrons. The van der Waals surface area contributed by atoms with Crippen molar-refractivity contribution in [3.05, 3.63) is 107 Å². The van der Waals surface area contributed by atoms with E-state index in [4.69, 9.17) is 9.47 Å². The average molecular weight is 453 g/mol. The van der Waals surface area contributed by atoms with Gasteiger partial charge in [0.05, 0.1) is 11.8 Å². The summed E-state index contributed by atoms with van der Waals surface area (Å²) in [6.45, 7) is 3.69. The lowest BCUT2D eigenvalue weighted by Crippen LogP contribution is -2.24. The molecule has 0 fully saturated rings. The molecule has 0 unspecified atom stereocenters. The molecule has 0 aliphatic carbocycles. The van der Waals surface area contributed by atoms with Crippen LogP contribution in [-0.2, 0) is 4.79 Å². The van der Waals surface area contributed by atoms with Crippen LogP contribution in [0.2, 0.25) is 0 Å². The molecule has 4 aromatic carbocycles. The van der Waals surface area contributed by atoms with Crippen molar-refractivity contribution in [2.75, 3.05) is 6.61 Å². The number of nitrogens with zero attached hydrogens (tertiary/aromatic N) is 1. The summed E-state index contributed by atoms with van der Waals surface area (Å²) in [6.07, 6.45) is 1.48. The fourth-order valence-electron chi connectivity index (χ4n) is 3.48. The standard InChI is InChI=1S/C28H24N2O4/c1-19-7-5-10-22(15-19)28(32)34-26-14-13-21-9-3-4-12-24(21)25(26)17-29-30-27(31)18-33-23-11-6-8-20(2)16-23/h3-17H,18H2,1-2H3,(H,30,31). The minimum Gasteiger partial charge on any atom is -0.484 e. The highest BCUT2D eigenvalue weighted by Crippen LogP contribution is 2.27. The number of fused-ring (bicyclic) bond motifs is 1. The molecule has 6 heteroatoms. The van der Waals surface area contributed by atoms with Crippen molar-refractivity contribution in [3.8, 4) is 11.5 Å². The van der Waals surface area contributed by atoms with Crippen LogP contribution in [0.25, 0.3) is 10.8 Å². The molecule has 0 saturated heterocycles. The minimum absolute atomic E-state index is 0.175. The zero-order valence-corrected chi connectivity index (χ0v) is 18.9. The summed E-state index contributed by atoms with van der Waals surface area (Å²) in [5, 5.41) is 5.87. The lowest BCUT2D eigenvalue weighted by molar-refractivity contribution is -0.123. The summed E-state index contributed by atoms with van der Waals surface area (Å²) in [4.78, 5) is 24.9. The SMILES string of the molecule is Cc1cccc(OCC(=O)NN=Cc2c(OC(=O)c3cccc(C)c3)ccc3ccccc23)c1. The van der Waals surface area contributed by atoms with Crippen molar-refractivity contribution in [3.63, 3.8) is 0 Å². The van der Waals surface area contributed by atoms with E-state index in [9.17, 15) is 9.59 Å². The van der Waals surface area contributed by atoms with Gasteiger partial charge in [-0.1, -0.05) is 60.2 Å². The third-order valence-corrected chi connectivity index (χ3v) is 5.13. The number of carbonyl (C=O) groups excluding carboxylic acids is 2. The van der Waals surface area contributed by atoms with Gasteiger partial charge in [-0.25, -0.2) is 10.2 Å². The molecular weight excluding hydrogens is 428 g/mol. The molecule has 0 atom stereocenters. The maximum absolute atomic E-state index is 12.7. The minimum atomic E-state index is -0.468. The Bertz CT molecular complexity index is 1380. The molecular formula is C28H24N2O4. The number of hydrogen-bond donors (Lipinski definition) is 1. The van der Waals surface area contributed by atoms with Crippen molar-refractivity contribution >= 4 is 28.9 Å². The highest BCUT2D eigenvalue weighted by atomic mass is 16.5. The van der Waals surface area contributed by atoms with E-state index in [1.807, 2.05) is 74.5 Å². The molecule has 0 spiro atoms. The van der Waals surface area contributed by atoms with Crippen molar-refractivity contribution in [1.82, 2.24) is 5.43 Å². The predicted octanol–water partition coefficient (Wildman–Crippen LogP) is 5.20. The normalized spacial score (nSPS) is 10.9. The molecule has 0 aliphatic heterocycles. The molecule has 0 bridgehead atoms. The Labute approximate surface area is 197 Å². The van der Waals surface area contributed by atoms with Crippen LogP contribution in [-0.4, -0.2) is 24.7 Å². The number of carbonyl (C=O) groups is 2. The highest BCUT2D eigenvalue weighted by Gasteiger charge is 2.14. The van der Waals surface area contributed by atoms with Crippen LogP contribution in [0.4, 0.5) is 0 Å². The van der Waals surface area contributed by atoms with Crippen molar-refractivity contribution in [1.29, 1.82) is 0 Å². The van der Waals surface area contributed by atoms with Gasteiger partial charge in [-0.15, -0.1) is 0 Å². The Morgan fingerprint density at radius 1 is 0.882 bits per heavy atom. The van der Waals surface area contributed by atoms with Gasteiger partial charge in [0, 0.05) is 5.56 Å². The second-order valence-corrected chi connectivity index (χ2v) is 7.86. The lowest BCUT2D eigenvalue weighted by Gasteiger charge is -2.11. The molecule has 0 radical (unpaired) electrons. The van der Waals surface area contributed by atoms with Crippen LogP contribution in [0.3, 0.4) is 0 Å². The Hall–Kier alpha value is -4.45. The number of amides is 1. The first-order chi connectivity index (χ1) is 16.5. The zero-order chi connectivity index (χ0) is 23.9. The summed E-state index contributed by atoms with van der Waals surface area (Å²) in [7, 11) is 0. The fourth-order valence-corrected chi connectivity index (χ4v) is 3.48. The van der Waals surface area contributed by atoms with Crippen LogP contribution in [0, 0.1) is 13.8 Å². The number of rotatable bonds is 7. The van der Waals surface area contributed by atoms with Crippen molar-refractivity contribution in [2.24, 2.45) is 5.10 Å². The predicted molar refractivity (Wildman–Crippen MR) is 132 cm³/mol. The van der Waals surface area contributed by atoms with Gasteiger partial charge in [-0.05, 0) is 60.5 Å². The van der Waals surface area contributed by atoms with E-state index in [1.54, 1.807) is 24.3 Å². The number of hydrogen-bond acceptors (Lipinski definition) is 5. The van der Waals surface area contributed by atoms with Gasteiger partial charge in [-0.2, -0.15) is 5.10 Å². The lowest BCUT2D eigenvalue weighted by atomic mass is 10.0. The first kappa shape index (κ1) is 22.7. The van der Waals surface area contributed by atoms with Gasteiger partial charge in [0.1, 0.15) is 11.5 Å². The quantitative estimate of drug-likeness (QED) is 0.181. The van der Waals surface area contributed by atoms with E-state index in [2.05, 4.69) is 10.5 Å². The van der Waals surface area contributed by atoms with Gasteiger partial charge in [-0.3, -0.25) is 4.79 Å². The van der Waals surface area contributed by atoms with E-state index in [0.29, 0.717) is 22.6 Å². The number of aryl methyl sites for hydroxylation is 2. The number of ether oxygens (including phenoxy) is 2. The number of hydrazone groups is 1. The van der Waals surface area contributed by atoms with Gasteiger partial charge < -0.3 is 9.47 Å². The maximum Gasteiger partial charge on any atom is 0.343 e. The number of esters is 1. The Morgan fingerprint density at radius 2 is 1.65 bits per heavy atom. The van der Waals surface area contributed by atoms with Crippen LogP contribution in [0.1, 0.15) is 27.0 Å². The second kappa shape index (κ2) is 10.4. The second-order valence-electron chi connectivity index (χ2n) is 7.86. The Kier molecular flexibility index (Phi) is 6.98. The molecule has 0 aliphatic rings. The fraction of sp³-hybridized carbons (Fsp3) is 0.107.